The fourth-order valence-corrected chi connectivity index (χ4v) is 4.76. The van der Waals surface area contributed by atoms with E-state index in [1.807, 2.05) is 42.6 Å². The third-order valence-electron chi connectivity index (χ3n) is 5.71. The Morgan fingerprint density at radius 1 is 0.967 bits per heavy atom. The summed E-state index contributed by atoms with van der Waals surface area (Å²) in [6.07, 6.45) is 8.41. The number of hydrogen-bond donors (Lipinski definition) is 1. The highest BCUT2D eigenvalue weighted by atomic mass is 32.2. The highest BCUT2D eigenvalue weighted by molar-refractivity contribution is 7.92. The van der Waals surface area contributed by atoms with Gasteiger partial charge in [0, 0.05) is 36.1 Å². The van der Waals surface area contributed by atoms with Gasteiger partial charge in [-0.1, -0.05) is 42.5 Å². The number of hydrogen-bond acceptors (Lipinski definition) is 4. The molecule has 1 aliphatic heterocycles. The number of aromatic nitrogens is 1. The molecular weight excluding hydrogens is 394 g/mol. The third-order valence-corrected chi connectivity index (χ3v) is 6.32. The Labute approximate surface area is 177 Å². The maximum Gasteiger partial charge on any atom is 0.229 e. The molecule has 152 valence electrons. The van der Waals surface area contributed by atoms with E-state index in [0.717, 1.165) is 46.6 Å². The largest absolute Gasteiger partial charge is 0.292 e. The number of sulfonamides is 1. The van der Waals surface area contributed by atoms with E-state index in [1.165, 1.54) is 12.7 Å². The minimum atomic E-state index is -3.34. The summed E-state index contributed by atoms with van der Waals surface area (Å²) in [6, 6.07) is 18.3. The molecular formula is C24H23N3O2S. The molecule has 5 nitrogen and oxygen atoms in total. The molecule has 1 atom stereocenters. The number of nitrogens with zero attached hydrogens (tertiary/aromatic N) is 2. The molecule has 1 unspecified atom stereocenters. The summed E-state index contributed by atoms with van der Waals surface area (Å²) in [6.45, 7) is 2.03. The predicted octanol–water partition coefficient (Wildman–Crippen LogP) is 4.40. The number of fused-ring (bicyclic) bond motifs is 2. The van der Waals surface area contributed by atoms with Crippen molar-refractivity contribution in [3.8, 4) is 11.1 Å². The Hall–Kier alpha value is -2.96. The van der Waals surface area contributed by atoms with Crippen molar-refractivity contribution in [2.24, 2.45) is 0 Å². The van der Waals surface area contributed by atoms with E-state index in [0.29, 0.717) is 5.69 Å². The normalized spacial score (nSPS) is 18.1. The smallest absolute Gasteiger partial charge is 0.229 e. The van der Waals surface area contributed by atoms with E-state index in [4.69, 9.17) is 4.98 Å². The van der Waals surface area contributed by atoms with Gasteiger partial charge in [-0.3, -0.25) is 14.6 Å². The van der Waals surface area contributed by atoms with Gasteiger partial charge in [-0.2, -0.15) is 0 Å². The van der Waals surface area contributed by atoms with Gasteiger partial charge in [0.25, 0.3) is 0 Å². The lowest BCUT2D eigenvalue weighted by Crippen LogP contribution is -2.41. The second kappa shape index (κ2) is 7.38. The highest BCUT2D eigenvalue weighted by Crippen LogP contribution is 2.40. The van der Waals surface area contributed by atoms with Crippen LogP contribution in [0.3, 0.4) is 0 Å². The van der Waals surface area contributed by atoms with E-state index in [-0.39, 0.29) is 6.04 Å². The highest BCUT2D eigenvalue weighted by Gasteiger charge is 2.32. The third kappa shape index (κ3) is 3.64. The van der Waals surface area contributed by atoms with Gasteiger partial charge < -0.3 is 0 Å². The van der Waals surface area contributed by atoms with Crippen LogP contribution in [0.25, 0.3) is 23.3 Å². The number of likely N-dealkylation sites (tertiary alicyclic amines) is 1. The summed E-state index contributed by atoms with van der Waals surface area (Å²) in [5, 5.41) is 0. The van der Waals surface area contributed by atoms with Gasteiger partial charge in [0.1, 0.15) is 0 Å². The van der Waals surface area contributed by atoms with Crippen LogP contribution in [-0.2, 0) is 10.0 Å². The summed E-state index contributed by atoms with van der Waals surface area (Å²) in [5.74, 6) is 0. The summed E-state index contributed by atoms with van der Waals surface area (Å²) in [5.41, 5.74) is 7.11. The van der Waals surface area contributed by atoms with Crippen molar-refractivity contribution in [2.45, 2.75) is 12.5 Å². The maximum atomic E-state index is 11.8. The summed E-state index contributed by atoms with van der Waals surface area (Å²) >= 11 is 0. The molecule has 2 aromatic carbocycles. The molecule has 1 saturated heterocycles. The molecule has 1 aromatic heterocycles. The Morgan fingerprint density at radius 2 is 1.77 bits per heavy atom. The average Bonchev–Trinajstić information content (AvgIpc) is 2.83. The van der Waals surface area contributed by atoms with Crippen LogP contribution in [0.4, 0.5) is 5.69 Å². The van der Waals surface area contributed by atoms with E-state index in [1.54, 1.807) is 0 Å². The Bertz CT molecular complexity index is 1230. The average molecular weight is 418 g/mol. The van der Waals surface area contributed by atoms with Crippen molar-refractivity contribution in [2.75, 3.05) is 24.1 Å². The zero-order valence-electron chi connectivity index (χ0n) is 16.7. The lowest BCUT2D eigenvalue weighted by atomic mass is 9.90. The fourth-order valence-electron chi connectivity index (χ4n) is 4.21. The molecule has 30 heavy (non-hydrogen) atoms. The number of nitrogens with one attached hydrogen (secondary N) is 1. The van der Waals surface area contributed by atoms with Crippen LogP contribution in [0.15, 0.2) is 60.8 Å². The predicted molar refractivity (Wildman–Crippen MR) is 122 cm³/mol. The monoisotopic (exact) mass is 417 g/mol. The molecule has 1 fully saturated rings. The van der Waals surface area contributed by atoms with Crippen LogP contribution < -0.4 is 4.72 Å². The molecule has 0 saturated carbocycles. The maximum absolute atomic E-state index is 11.8. The lowest BCUT2D eigenvalue weighted by Gasteiger charge is -2.39. The molecule has 2 aliphatic rings. The first-order valence-electron chi connectivity index (χ1n) is 10.1. The molecule has 0 amide bonds. The molecule has 0 radical (unpaired) electrons. The second-order valence-corrected chi connectivity index (χ2v) is 9.66. The van der Waals surface area contributed by atoms with Gasteiger partial charge >= 0.3 is 0 Å². The van der Waals surface area contributed by atoms with Crippen molar-refractivity contribution in [1.29, 1.82) is 0 Å². The van der Waals surface area contributed by atoms with Crippen LogP contribution in [0.1, 0.15) is 34.8 Å². The molecule has 3 aromatic rings. The SMILES string of the molecule is CS(=O)(=O)Nc1ccc2c(c1)C(N1CCC1)c1cc(-c3ccccc3)cnc1C=C2. The minimum Gasteiger partial charge on any atom is -0.292 e. The van der Waals surface area contributed by atoms with Crippen LogP contribution in [-0.4, -0.2) is 37.6 Å². The molecule has 0 bridgehead atoms. The minimum absolute atomic E-state index is 0.0382. The Morgan fingerprint density at radius 3 is 2.47 bits per heavy atom. The van der Waals surface area contributed by atoms with Crippen molar-refractivity contribution in [1.82, 2.24) is 9.88 Å². The second-order valence-electron chi connectivity index (χ2n) is 7.91. The topological polar surface area (TPSA) is 62.3 Å². The molecule has 6 heteroatoms. The number of anilines is 1. The van der Waals surface area contributed by atoms with Gasteiger partial charge in [-0.15, -0.1) is 0 Å². The van der Waals surface area contributed by atoms with Crippen LogP contribution in [0, 0.1) is 0 Å². The standard InChI is InChI=1S/C24H23N3O2S/c1-30(28,29)26-20-10-8-18-9-11-23-22(24(21(18)15-20)27-12-5-13-27)14-19(16-25-23)17-6-3-2-4-7-17/h2-4,6-11,14-16,24,26H,5,12-13H2,1H3. The summed E-state index contributed by atoms with van der Waals surface area (Å²) in [4.78, 5) is 7.22. The molecule has 0 spiro atoms. The zero-order valence-corrected chi connectivity index (χ0v) is 17.6. The molecule has 2 heterocycles. The first kappa shape index (κ1) is 19.0. The summed E-state index contributed by atoms with van der Waals surface area (Å²) in [7, 11) is -3.34. The lowest BCUT2D eigenvalue weighted by molar-refractivity contribution is 0.140. The van der Waals surface area contributed by atoms with Crippen molar-refractivity contribution in [3.63, 3.8) is 0 Å². The zero-order chi connectivity index (χ0) is 20.7. The van der Waals surface area contributed by atoms with Crippen molar-refractivity contribution >= 4 is 27.9 Å². The van der Waals surface area contributed by atoms with Crippen LogP contribution >= 0.6 is 0 Å². The molecule has 5 rings (SSSR count). The first-order valence-corrected chi connectivity index (χ1v) is 12.0. The van der Waals surface area contributed by atoms with E-state index >= 15 is 0 Å². The quantitative estimate of drug-likeness (QED) is 0.684. The Balaban J connectivity index is 1.66. The van der Waals surface area contributed by atoms with Crippen LogP contribution in [0.5, 0.6) is 0 Å². The summed E-state index contributed by atoms with van der Waals surface area (Å²) < 4.78 is 26.2. The van der Waals surface area contributed by atoms with Crippen LogP contribution in [0.2, 0.25) is 0 Å². The number of pyridine rings is 1. The number of rotatable bonds is 4. The molecule has 1 aliphatic carbocycles. The van der Waals surface area contributed by atoms with Gasteiger partial charge in [-0.25, -0.2) is 8.42 Å². The van der Waals surface area contributed by atoms with E-state index in [2.05, 4.69) is 40.0 Å². The van der Waals surface area contributed by atoms with Gasteiger partial charge in [0.2, 0.25) is 10.0 Å². The van der Waals surface area contributed by atoms with E-state index < -0.39 is 10.0 Å². The molecule has 1 N–H and O–H groups in total. The van der Waals surface area contributed by atoms with E-state index in [9.17, 15) is 8.42 Å². The number of benzene rings is 2. The van der Waals surface area contributed by atoms with Gasteiger partial charge in [-0.05, 0) is 47.4 Å². The van der Waals surface area contributed by atoms with Crippen molar-refractivity contribution < 1.29 is 8.42 Å². The Kier molecular flexibility index (Phi) is 4.68. The first-order chi connectivity index (χ1) is 14.5. The van der Waals surface area contributed by atoms with Crippen molar-refractivity contribution in [3.05, 3.63) is 83.2 Å². The fraction of sp³-hybridized carbons (Fsp3) is 0.208. The van der Waals surface area contributed by atoms with Gasteiger partial charge in [0.05, 0.1) is 18.0 Å². The van der Waals surface area contributed by atoms with Gasteiger partial charge in [0.15, 0.2) is 0 Å².